The van der Waals surface area contributed by atoms with E-state index < -0.39 is 11.7 Å². The highest BCUT2D eigenvalue weighted by Crippen LogP contribution is 2.39. The summed E-state index contributed by atoms with van der Waals surface area (Å²) in [5.41, 5.74) is 0.109. The van der Waals surface area contributed by atoms with Crippen LogP contribution in [0.3, 0.4) is 0 Å². The van der Waals surface area contributed by atoms with Crippen LogP contribution in [0.15, 0.2) is 47.0 Å². The minimum absolute atomic E-state index is 0.154. The van der Waals surface area contributed by atoms with Crippen LogP contribution in [0.25, 0.3) is 6.08 Å². The van der Waals surface area contributed by atoms with E-state index in [4.69, 9.17) is 21.1 Å². The van der Waals surface area contributed by atoms with Crippen molar-refractivity contribution < 1.29 is 22.6 Å². The normalized spacial score (nSPS) is 21.3. The van der Waals surface area contributed by atoms with Gasteiger partial charge in [-0.3, -0.25) is 0 Å². The van der Waals surface area contributed by atoms with Gasteiger partial charge in [0.15, 0.2) is 11.5 Å². The van der Waals surface area contributed by atoms with Crippen molar-refractivity contribution in [3.63, 3.8) is 0 Å². The zero-order valence-corrected chi connectivity index (χ0v) is 15.8. The van der Waals surface area contributed by atoms with Gasteiger partial charge in [-0.25, -0.2) is 0 Å². The standard InChI is InChI=1S/C21H22ClF3O2/c1-26-19-8-4-5-15(20(19)27-16-6-2-3-7-16)11-9-14-10-12-18(22)17(13-14)21(23,24)25/h4-5,8-12,14,16H,2-3,6-7,13H2,1H3/b11-9+. The van der Waals surface area contributed by atoms with E-state index in [1.54, 1.807) is 25.3 Å². The second kappa shape index (κ2) is 8.42. The molecule has 1 saturated carbocycles. The van der Waals surface area contributed by atoms with Crippen LogP contribution in [0.1, 0.15) is 37.7 Å². The highest BCUT2D eigenvalue weighted by Gasteiger charge is 2.37. The van der Waals surface area contributed by atoms with Gasteiger partial charge in [-0.2, -0.15) is 13.2 Å². The zero-order valence-electron chi connectivity index (χ0n) is 15.1. The SMILES string of the molecule is COc1cccc(/C=C/C2C=CC(Cl)=C(C(F)(F)F)C2)c1OC1CCCC1. The van der Waals surface area contributed by atoms with E-state index in [0.29, 0.717) is 11.5 Å². The van der Waals surface area contributed by atoms with Crippen LogP contribution in [0.5, 0.6) is 11.5 Å². The molecule has 27 heavy (non-hydrogen) atoms. The first-order chi connectivity index (χ1) is 12.9. The summed E-state index contributed by atoms with van der Waals surface area (Å²) in [5.74, 6) is 0.893. The molecule has 0 radical (unpaired) electrons. The third-order valence-electron chi connectivity index (χ3n) is 4.90. The first-order valence-electron chi connectivity index (χ1n) is 9.04. The first-order valence-corrected chi connectivity index (χ1v) is 9.42. The molecule has 0 N–H and O–H groups in total. The second-order valence-electron chi connectivity index (χ2n) is 6.81. The third-order valence-corrected chi connectivity index (χ3v) is 5.25. The van der Waals surface area contributed by atoms with Gasteiger partial charge in [0, 0.05) is 10.6 Å². The fourth-order valence-electron chi connectivity index (χ4n) is 3.44. The molecule has 146 valence electrons. The van der Waals surface area contributed by atoms with Crippen LogP contribution in [0, 0.1) is 5.92 Å². The molecule has 0 heterocycles. The number of hydrogen-bond donors (Lipinski definition) is 0. The number of benzene rings is 1. The van der Waals surface area contributed by atoms with Crippen molar-refractivity contribution >= 4 is 17.7 Å². The summed E-state index contributed by atoms with van der Waals surface area (Å²) >= 11 is 5.72. The Hall–Kier alpha value is -1.88. The fourth-order valence-corrected chi connectivity index (χ4v) is 3.70. The summed E-state index contributed by atoms with van der Waals surface area (Å²) in [6.45, 7) is 0. The van der Waals surface area contributed by atoms with Gasteiger partial charge in [0.25, 0.3) is 0 Å². The van der Waals surface area contributed by atoms with E-state index in [1.807, 2.05) is 18.2 Å². The van der Waals surface area contributed by atoms with E-state index in [2.05, 4.69) is 0 Å². The number of methoxy groups -OCH3 is 1. The molecule has 2 aliphatic rings. The van der Waals surface area contributed by atoms with E-state index in [9.17, 15) is 13.2 Å². The van der Waals surface area contributed by atoms with Crippen LogP contribution in [0.2, 0.25) is 0 Å². The maximum atomic E-state index is 13.1. The van der Waals surface area contributed by atoms with Gasteiger partial charge in [0.1, 0.15) is 0 Å². The number of allylic oxidation sites excluding steroid dienone is 5. The molecule has 6 heteroatoms. The Kier molecular flexibility index (Phi) is 6.20. The lowest BCUT2D eigenvalue weighted by Crippen LogP contribution is -2.17. The average molecular weight is 399 g/mol. The summed E-state index contributed by atoms with van der Waals surface area (Å²) < 4.78 is 50.8. The molecule has 1 fully saturated rings. The molecule has 0 amide bonds. The quantitative estimate of drug-likeness (QED) is 0.552. The molecule has 0 aliphatic heterocycles. The van der Waals surface area contributed by atoms with Crippen LogP contribution >= 0.6 is 11.6 Å². The molecule has 2 aliphatic carbocycles. The summed E-state index contributed by atoms with van der Waals surface area (Å²) in [4.78, 5) is 0. The molecule has 3 rings (SSSR count). The van der Waals surface area contributed by atoms with E-state index in [1.165, 1.54) is 6.08 Å². The Labute approximate surface area is 162 Å². The van der Waals surface area contributed by atoms with Gasteiger partial charge in [0.05, 0.1) is 18.8 Å². The Balaban J connectivity index is 1.80. The maximum Gasteiger partial charge on any atom is 0.414 e. The predicted molar refractivity (Wildman–Crippen MR) is 101 cm³/mol. The van der Waals surface area contributed by atoms with Crippen molar-refractivity contribution in [3.8, 4) is 11.5 Å². The molecule has 0 bridgehead atoms. The largest absolute Gasteiger partial charge is 0.493 e. The van der Waals surface area contributed by atoms with Crippen LogP contribution in [-0.4, -0.2) is 19.4 Å². The lowest BCUT2D eigenvalue weighted by Gasteiger charge is -2.20. The van der Waals surface area contributed by atoms with Gasteiger partial charge in [-0.15, -0.1) is 0 Å². The molecule has 0 aromatic heterocycles. The van der Waals surface area contributed by atoms with Crippen LogP contribution < -0.4 is 9.47 Å². The van der Waals surface area contributed by atoms with Crippen molar-refractivity contribution in [1.29, 1.82) is 0 Å². The topological polar surface area (TPSA) is 18.5 Å². The highest BCUT2D eigenvalue weighted by molar-refractivity contribution is 6.31. The van der Waals surface area contributed by atoms with Crippen molar-refractivity contribution in [2.45, 2.75) is 44.4 Å². The Morgan fingerprint density at radius 1 is 1.19 bits per heavy atom. The summed E-state index contributed by atoms with van der Waals surface area (Å²) in [6, 6.07) is 5.55. The summed E-state index contributed by atoms with van der Waals surface area (Å²) in [6.07, 6.45) is 6.43. The van der Waals surface area contributed by atoms with Crippen molar-refractivity contribution in [1.82, 2.24) is 0 Å². The predicted octanol–water partition coefficient (Wildman–Crippen LogP) is 6.66. The molecular weight excluding hydrogens is 377 g/mol. The molecule has 1 aromatic carbocycles. The number of rotatable bonds is 5. The van der Waals surface area contributed by atoms with E-state index in [-0.39, 0.29) is 23.5 Å². The maximum absolute atomic E-state index is 13.1. The fraction of sp³-hybridized carbons (Fsp3) is 0.429. The number of para-hydroxylation sites is 1. The van der Waals surface area contributed by atoms with Crippen molar-refractivity contribution in [2.75, 3.05) is 7.11 Å². The van der Waals surface area contributed by atoms with Gasteiger partial charge < -0.3 is 9.47 Å². The van der Waals surface area contributed by atoms with E-state index in [0.717, 1.165) is 31.2 Å². The minimum Gasteiger partial charge on any atom is -0.493 e. The Bertz CT molecular complexity index is 759. The number of halogens is 4. The van der Waals surface area contributed by atoms with Gasteiger partial charge >= 0.3 is 6.18 Å². The monoisotopic (exact) mass is 398 g/mol. The summed E-state index contributed by atoms with van der Waals surface area (Å²) in [5, 5.41) is -0.237. The zero-order chi connectivity index (χ0) is 19.4. The molecule has 1 unspecified atom stereocenters. The van der Waals surface area contributed by atoms with Crippen LogP contribution in [0.4, 0.5) is 13.2 Å². The van der Waals surface area contributed by atoms with Gasteiger partial charge in [-0.05, 0) is 50.2 Å². The first kappa shape index (κ1) is 19.9. The summed E-state index contributed by atoms with van der Waals surface area (Å²) in [7, 11) is 1.58. The van der Waals surface area contributed by atoms with Crippen LogP contribution in [-0.2, 0) is 0 Å². The van der Waals surface area contributed by atoms with Crippen molar-refractivity contribution in [2.24, 2.45) is 5.92 Å². The molecule has 2 nitrogen and oxygen atoms in total. The molecule has 1 atom stereocenters. The smallest absolute Gasteiger partial charge is 0.414 e. The lowest BCUT2D eigenvalue weighted by atomic mass is 9.93. The lowest BCUT2D eigenvalue weighted by molar-refractivity contribution is -0.0949. The van der Waals surface area contributed by atoms with Gasteiger partial charge in [0.2, 0.25) is 0 Å². The van der Waals surface area contributed by atoms with E-state index >= 15 is 0 Å². The Morgan fingerprint density at radius 2 is 1.93 bits per heavy atom. The number of alkyl halides is 3. The second-order valence-corrected chi connectivity index (χ2v) is 7.22. The van der Waals surface area contributed by atoms with Crippen molar-refractivity contribution in [3.05, 3.63) is 52.6 Å². The highest BCUT2D eigenvalue weighted by atomic mass is 35.5. The molecule has 1 aromatic rings. The molecular formula is C21H22ClF3O2. The Morgan fingerprint density at radius 3 is 2.59 bits per heavy atom. The number of hydrogen-bond acceptors (Lipinski definition) is 2. The molecule has 0 spiro atoms. The third kappa shape index (κ3) is 4.89. The minimum atomic E-state index is -4.42. The average Bonchev–Trinajstić information content (AvgIpc) is 3.14. The van der Waals surface area contributed by atoms with Gasteiger partial charge in [-0.1, -0.05) is 42.0 Å². The molecule has 0 saturated heterocycles. The number of ether oxygens (including phenoxy) is 2.